The number of hydrogen-bond donors (Lipinski definition) is 2. The highest BCUT2D eigenvalue weighted by Crippen LogP contribution is 2.40. The largest absolute Gasteiger partial charge is 0.369 e. The SMILES string of the molecule is N#CC1(NC(=O)CCC2(C(N)=O)CCCCC2)CCN(Cc2c(F)cccc2F)C1. The van der Waals surface area contributed by atoms with Crippen molar-refractivity contribution in [2.75, 3.05) is 13.1 Å². The molecule has 1 aliphatic heterocycles. The van der Waals surface area contributed by atoms with Gasteiger partial charge in [0.25, 0.3) is 0 Å². The predicted octanol–water partition coefficient (Wildman–Crippen LogP) is 2.77. The van der Waals surface area contributed by atoms with Gasteiger partial charge in [-0.3, -0.25) is 14.5 Å². The summed E-state index contributed by atoms with van der Waals surface area (Å²) in [4.78, 5) is 26.3. The maximum atomic E-state index is 13.9. The number of primary amides is 1. The molecule has 1 heterocycles. The zero-order chi connectivity index (χ0) is 21.8. The number of nitriles is 1. The number of nitrogens with zero attached hydrogens (tertiary/aromatic N) is 2. The summed E-state index contributed by atoms with van der Waals surface area (Å²) in [5.41, 5.74) is 3.84. The number of benzene rings is 1. The van der Waals surface area contributed by atoms with Gasteiger partial charge in [-0.25, -0.2) is 8.78 Å². The number of halogens is 2. The molecule has 8 heteroatoms. The van der Waals surface area contributed by atoms with Crippen LogP contribution >= 0.6 is 0 Å². The second-order valence-corrected chi connectivity index (χ2v) is 8.61. The molecule has 2 amide bonds. The van der Waals surface area contributed by atoms with Gasteiger partial charge in [0.1, 0.15) is 17.2 Å². The van der Waals surface area contributed by atoms with Gasteiger partial charge in [0.15, 0.2) is 0 Å². The van der Waals surface area contributed by atoms with Crippen LogP contribution in [0.5, 0.6) is 0 Å². The van der Waals surface area contributed by atoms with Crippen LogP contribution in [0.4, 0.5) is 8.78 Å². The quantitative estimate of drug-likeness (QED) is 0.711. The minimum atomic E-state index is -1.11. The highest BCUT2D eigenvalue weighted by molar-refractivity contribution is 5.83. The lowest BCUT2D eigenvalue weighted by molar-refractivity contribution is -0.131. The van der Waals surface area contributed by atoms with E-state index in [4.69, 9.17) is 5.73 Å². The molecular formula is C22H28F2N4O2. The molecule has 0 bridgehead atoms. The van der Waals surface area contributed by atoms with Crippen molar-refractivity contribution in [2.24, 2.45) is 11.1 Å². The van der Waals surface area contributed by atoms with Gasteiger partial charge in [0.2, 0.25) is 11.8 Å². The number of nitrogens with one attached hydrogen (secondary N) is 1. The monoisotopic (exact) mass is 418 g/mol. The molecule has 1 aromatic rings. The van der Waals surface area contributed by atoms with Crippen LogP contribution < -0.4 is 11.1 Å². The van der Waals surface area contributed by atoms with E-state index < -0.39 is 22.6 Å². The van der Waals surface area contributed by atoms with E-state index >= 15 is 0 Å². The molecule has 0 spiro atoms. The number of hydrogen-bond acceptors (Lipinski definition) is 4. The van der Waals surface area contributed by atoms with Crippen molar-refractivity contribution in [3.63, 3.8) is 0 Å². The van der Waals surface area contributed by atoms with Crippen LogP contribution in [0.25, 0.3) is 0 Å². The highest BCUT2D eigenvalue weighted by atomic mass is 19.1. The standard InChI is InChI=1S/C22H28F2N4O2/c23-17-5-4-6-18(24)16(17)13-28-12-11-22(14-25,15-28)27-19(29)7-10-21(20(26)30)8-2-1-3-9-21/h4-6H,1-3,7-13,15H2,(H2,26,30)(H,27,29). The molecule has 1 atom stereocenters. The molecular weight excluding hydrogens is 390 g/mol. The van der Waals surface area contributed by atoms with Crippen LogP contribution in [0, 0.1) is 28.4 Å². The molecule has 3 rings (SSSR count). The Bertz CT molecular complexity index is 828. The summed E-state index contributed by atoms with van der Waals surface area (Å²) >= 11 is 0. The molecule has 2 aliphatic rings. The van der Waals surface area contributed by atoms with Crippen molar-refractivity contribution in [3.8, 4) is 6.07 Å². The maximum Gasteiger partial charge on any atom is 0.223 e. The second-order valence-electron chi connectivity index (χ2n) is 8.61. The lowest BCUT2D eigenvalue weighted by Gasteiger charge is -2.34. The third-order valence-corrected chi connectivity index (χ3v) is 6.55. The van der Waals surface area contributed by atoms with Crippen LogP contribution in [-0.4, -0.2) is 35.3 Å². The van der Waals surface area contributed by atoms with Crippen molar-refractivity contribution in [1.82, 2.24) is 10.2 Å². The van der Waals surface area contributed by atoms with Gasteiger partial charge in [-0.15, -0.1) is 0 Å². The fourth-order valence-electron chi connectivity index (χ4n) is 4.68. The van der Waals surface area contributed by atoms with Crippen LogP contribution in [0.15, 0.2) is 18.2 Å². The Balaban J connectivity index is 1.59. The third-order valence-electron chi connectivity index (χ3n) is 6.55. The van der Waals surface area contributed by atoms with Crippen molar-refractivity contribution in [3.05, 3.63) is 35.4 Å². The number of amides is 2. The molecule has 162 valence electrons. The fraction of sp³-hybridized carbons (Fsp3) is 0.591. The number of carbonyl (C=O) groups is 2. The molecule has 0 aromatic heterocycles. The van der Waals surface area contributed by atoms with Gasteiger partial charge in [-0.2, -0.15) is 5.26 Å². The van der Waals surface area contributed by atoms with Crippen molar-refractivity contribution >= 4 is 11.8 Å². The maximum absolute atomic E-state index is 13.9. The molecule has 6 nitrogen and oxygen atoms in total. The predicted molar refractivity (Wildman–Crippen MR) is 107 cm³/mol. The summed E-state index contributed by atoms with van der Waals surface area (Å²) in [7, 11) is 0. The van der Waals surface area contributed by atoms with E-state index in [1.165, 1.54) is 18.2 Å². The zero-order valence-corrected chi connectivity index (χ0v) is 17.1. The van der Waals surface area contributed by atoms with E-state index in [0.717, 1.165) is 19.3 Å². The summed E-state index contributed by atoms with van der Waals surface area (Å²) < 4.78 is 27.9. The summed E-state index contributed by atoms with van der Waals surface area (Å²) in [6.07, 6.45) is 5.17. The fourth-order valence-corrected chi connectivity index (χ4v) is 4.68. The van der Waals surface area contributed by atoms with Gasteiger partial charge in [-0.05, 0) is 37.8 Å². The zero-order valence-electron chi connectivity index (χ0n) is 17.1. The summed E-state index contributed by atoms with van der Waals surface area (Å²) in [5, 5.41) is 12.5. The molecule has 30 heavy (non-hydrogen) atoms. The molecule has 2 fully saturated rings. The van der Waals surface area contributed by atoms with Crippen LogP contribution in [0.1, 0.15) is 56.9 Å². The van der Waals surface area contributed by atoms with Crippen molar-refractivity contribution < 1.29 is 18.4 Å². The molecule has 0 radical (unpaired) electrons. The summed E-state index contributed by atoms with van der Waals surface area (Å²) in [6.45, 7) is 0.652. The van der Waals surface area contributed by atoms with Gasteiger partial charge < -0.3 is 11.1 Å². The van der Waals surface area contributed by atoms with E-state index in [1.54, 1.807) is 4.90 Å². The van der Waals surface area contributed by atoms with Gasteiger partial charge in [0.05, 0.1) is 6.07 Å². The Morgan fingerprint density at radius 2 is 1.83 bits per heavy atom. The molecule has 1 aliphatic carbocycles. The van der Waals surface area contributed by atoms with E-state index in [1.807, 2.05) is 0 Å². The first-order valence-electron chi connectivity index (χ1n) is 10.5. The average molecular weight is 418 g/mol. The van der Waals surface area contributed by atoms with Gasteiger partial charge in [-0.1, -0.05) is 25.3 Å². The first-order chi connectivity index (χ1) is 14.3. The summed E-state index contributed by atoms with van der Waals surface area (Å²) in [5.74, 6) is -1.92. The van der Waals surface area contributed by atoms with Crippen LogP contribution in [-0.2, 0) is 16.1 Å². The molecule has 1 aromatic carbocycles. The van der Waals surface area contributed by atoms with Gasteiger partial charge >= 0.3 is 0 Å². The number of carbonyl (C=O) groups excluding carboxylic acids is 2. The smallest absolute Gasteiger partial charge is 0.223 e. The highest BCUT2D eigenvalue weighted by Gasteiger charge is 2.42. The Hall–Kier alpha value is -2.53. The Labute approximate surface area is 175 Å². The minimum Gasteiger partial charge on any atom is -0.369 e. The van der Waals surface area contributed by atoms with Crippen LogP contribution in [0.3, 0.4) is 0 Å². The van der Waals surface area contributed by atoms with E-state index in [-0.39, 0.29) is 36.9 Å². The Kier molecular flexibility index (Phi) is 6.71. The molecule has 1 saturated carbocycles. The average Bonchev–Trinajstić information content (AvgIpc) is 3.13. The van der Waals surface area contributed by atoms with E-state index in [2.05, 4.69) is 11.4 Å². The van der Waals surface area contributed by atoms with Crippen LogP contribution in [0.2, 0.25) is 0 Å². The van der Waals surface area contributed by atoms with Gasteiger partial charge in [0, 0.05) is 37.0 Å². The van der Waals surface area contributed by atoms with Crippen molar-refractivity contribution in [2.45, 2.75) is 63.5 Å². The van der Waals surface area contributed by atoms with Crippen molar-refractivity contribution in [1.29, 1.82) is 5.26 Å². The van der Waals surface area contributed by atoms with E-state index in [9.17, 15) is 23.6 Å². The topological polar surface area (TPSA) is 99.2 Å². The molecule has 1 saturated heterocycles. The lowest BCUT2D eigenvalue weighted by Crippen LogP contribution is -2.50. The molecule has 1 unspecified atom stereocenters. The Morgan fingerprint density at radius 3 is 2.43 bits per heavy atom. The number of rotatable bonds is 7. The first-order valence-corrected chi connectivity index (χ1v) is 10.5. The number of likely N-dealkylation sites (tertiary alicyclic amines) is 1. The first kappa shape index (κ1) is 22.2. The normalized spacial score (nSPS) is 23.6. The lowest BCUT2D eigenvalue weighted by atomic mass is 9.70. The minimum absolute atomic E-state index is 0.0304. The summed E-state index contributed by atoms with van der Waals surface area (Å²) in [6, 6.07) is 5.88. The third kappa shape index (κ3) is 4.78. The van der Waals surface area contributed by atoms with E-state index in [0.29, 0.717) is 32.2 Å². The number of nitrogens with two attached hydrogens (primary N) is 1. The second kappa shape index (κ2) is 9.09. The molecule has 3 N–H and O–H groups in total. The Morgan fingerprint density at radius 1 is 1.17 bits per heavy atom.